The van der Waals surface area contributed by atoms with Crippen LogP contribution in [0.3, 0.4) is 0 Å². The lowest BCUT2D eigenvalue weighted by Gasteiger charge is -1.91. The normalized spacial score (nSPS) is 9.83. The van der Waals surface area contributed by atoms with Crippen LogP contribution in [0.25, 0.3) is 0 Å². The Kier molecular flexibility index (Phi) is 3.00. The highest BCUT2D eigenvalue weighted by Gasteiger charge is 2.09. The lowest BCUT2D eigenvalue weighted by Crippen LogP contribution is -2.03. The summed E-state index contributed by atoms with van der Waals surface area (Å²) in [4.78, 5) is 21.8. The zero-order chi connectivity index (χ0) is 9.14. The SMILES string of the molecule is CC(=O)CC(=O)c1csc(Cl)c1. The van der Waals surface area contributed by atoms with Crippen molar-refractivity contribution in [1.29, 1.82) is 0 Å². The summed E-state index contributed by atoms with van der Waals surface area (Å²) in [6, 6.07) is 1.58. The number of halogens is 1. The van der Waals surface area contributed by atoms with Crippen LogP contribution < -0.4 is 0 Å². The van der Waals surface area contributed by atoms with Gasteiger partial charge in [-0.15, -0.1) is 11.3 Å². The fraction of sp³-hybridized carbons (Fsp3) is 0.250. The van der Waals surface area contributed by atoms with Crippen LogP contribution in [-0.2, 0) is 4.79 Å². The molecule has 1 aromatic rings. The van der Waals surface area contributed by atoms with Crippen LogP contribution in [-0.4, -0.2) is 11.6 Å². The third kappa shape index (κ3) is 2.43. The third-order valence-electron chi connectivity index (χ3n) is 1.30. The molecule has 12 heavy (non-hydrogen) atoms. The van der Waals surface area contributed by atoms with Gasteiger partial charge in [-0.05, 0) is 13.0 Å². The summed E-state index contributed by atoms with van der Waals surface area (Å²) in [5, 5.41) is 1.66. The summed E-state index contributed by atoms with van der Waals surface area (Å²) in [6.07, 6.45) is -0.0347. The van der Waals surface area contributed by atoms with Gasteiger partial charge in [0, 0.05) is 10.9 Å². The van der Waals surface area contributed by atoms with Crippen LogP contribution in [0.5, 0.6) is 0 Å². The van der Waals surface area contributed by atoms with E-state index in [2.05, 4.69) is 0 Å². The van der Waals surface area contributed by atoms with Crippen LogP contribution in [0, 0.1) is 0 Å². The molecule has 4 heteroatoms. The Hall–Kier alpha value is -0.670. The molecule has 1 heterocycles. The average molecular weight is 203 g/mol. The maximum atomic E-state index is 11.2. The van der Waals surface area contributed by atoms with Gasteiger partial charge in [0.2, 0.25) is 0 Å². The molecule has 0 aliphatic carbocycles. The molecule has 64 valence electrons. The van der Waals surface area contributed by atoms with Crippen molar-refractivity contribution in [1.82, 2.24) is 0 Å². The first kappa shape index (κ1) is 9.42. The molecule has 1 aromatic heterocycles. The van der Waals surface area contributed by atoms with Crippen molar-refractivity contribution in [3.63, 3.8) is 0 Å². The molecule has 0 amide bonds. The molecule has 0 radical (unpaired) electrons. The van der Waals surface area contributed by atoms with Crippen molar-refractivity contribution in [2.75, 3.05) is 0 Å². The largest absolute Gasteiger partial charge is 0.300 e. The molecule has 2 nitrogen and oxygen atoms in total. The first-order chi connectivity index (χ1) is 5.59. The third-order valence-corrected chi connectivity index (χ3v) is 2.39. The molecule has 1 rings (SSSR count). The highest BCUT2D eigenvalue weighted by molar-refractivity contribution is 7.14. The van der Waals surface area contributed by atoms with Gasteiger partial charge in [0.15, 0.2) is 5.78 Å². The van der Waals surface area contributed by atoms with Crippen LogP contribution in [0.1, 0.15) is 23.7 Å². The smallest absolute Gasteiger partial charge is 0.171 e. The number of carbonyl (C=O) groups is 2. The number of hydrogen-bond acceptors (Lipinski definition) is 3. The van der Waals surface area contributed by atoms with Crippen molar-refractivity contribution >= 4 is 34.5 Å². The first-order valence-electron chi connectivity index (χ1n) is 3.36. The summed E-state index contributed by atoms with van der Waals surface area (Å²) in [5.74, 6) is -0.284. The van der Waals surface area contributed by atoms with Gasteiger partial charge in [-0.3, -0.25) is 9.59 Å². The Morgan fingerprint density at radius 2 is 2.25 bits per heavy atom. The minimum atomic E-state index is -0.161. The maximum absolute atomic E-state index is 11.2. The van der Waals surface area contributed by atoms with E-state index in [1.165, 1.54) is 18.3 Å². The monoisotopic (exact) mass is 202 g/mol. The summed E-state index contributed by atoms with van der Waals surface area (Å²) in [6.45, 7) is 1.39. The van der Waals surface area contributed by atoms with Gasteiger partial charge in [-0.25, -0.2) is 0 Å². The Balaban J connectivity index is 2.72. The lowest BCUT2D eigenvalue weighted by atomic mass is 10.1. The molecule has 0 aliphatic rings. The van der Waals surface area contributed by atoms with Crippen molar-refractivity contribution in [2.45, 2.75) is 13.3 Å². The minimum absolute atomic E-state index is 0.0347. The number of thiophene rings is 1. The Labute approximate surface area is 79.2 Å². The average Bonchev–Trinajstić information content (AvgIpc) is 2.34. The van der Waals surface area contributed by atoms with Gasteiger partial charge in [-0.1, -0.05) is 11.6 Å². The minimum Gasteiger partial charge on any atom is -0.300 e. The molecule has 0 saturated heterocycles. The van der Waals surface area contributed by atoms with Gasteiger partial charge in [-0.2, -0.15) is 0 Å². The predicted octanol–water partition coefficient (Wildman–Crippen LogP) is 2.56. The van der Waals surface area contributed by atoms with Crippen LogP contribution in [0.15, 0.2) is 11.4 Å². The molecule has 0 saturated carbocycles. The molecule has 0 fully saturated rings. The second kappa shape index (κ2) is 3.83. The summed E-state index contributed by atoms with van der Waals surface area (Å²) in [7, 11) is 0. The number of rotatable bonds is 3. The standard InChI is InChI=1S/C8H7ClO2S/c1-5(10)2-7(11)6-3-8(9)12-4-6/h3-4H,2H2,1H3. The molecule has 0 aromatic carbocycles. The van der Waals surface area contributed by atoms with E-state index in [1.807, 2.05) is 0 Å². The molecule has 0 unspecified atom stereocenters. The quantitative estimate of drug-likeness (QED) is 0.558. The van der Waals surface area contributed by atoms with Gasteiger partial charge < -0.3 is 0 Å². The van der Waals surface area contributed by atoms with Gasteiger partial charge in [0.25, 0.3) is 0 Å². The summed E-state index contributed by atoms with van der Waals surface area (Å²) < 4.78 is 0.571. The first-order valence-corrected chi connectivity index (χ1v) is 4.62. The van der Waals surface area contributed by atoms with E-state index in [-0.39, 0.29) is 18.0 Å². The fourth-order valence-electron chi connectivity index (χ4n) is 0.784. The predicted molar refractivity (Wildman–Crippen MR) is 49.0 cm³/mol. The van der Waals surface area contributed by atoms with E-state index in [0.29, 0.717) is 9.90 Å². The zero-order valence-corrected chi connectivity index (χ0v) is 8.04. The number of carbonyl (C=O) groups excluding carboxylic acids is 2. The van der Waals surface area contributed by atoms with E-state index in [0.717, 1.165) is 0 Å². The highest BCUT2D eigenvalue weighted by Crippen LogP contribution is 2.20. The molecule has 0 N–H and O–H groups in total. The second-order valence-corrected chi connectivity index (χ2v) is 3.98. The molecular weight excluding hydrogens is 196 g/mol. The topological polar surface area (TPSA) is 34.1 Å². The van der Waals surface area contributed by atoms with Gasteiger partial charge >= 0.3 is 0 Å². The van der Waals surface area contributed by atoms with E-state index in [9.17, 15) is 9.59 Å². The van der Waals surface area contributed by atoms with Crippen molar-refractivity contribution in [3.8, 4) is 0 Å². The van der Waals surface area contributed by atoms with Crippen molar-refractivity contribution < 1.29 is 9.59 Å². The van der Waals surface area contributed by atoms with Crippen molar-refractivity contribution in [2.24, 2.45) is 0 Å². The van der Waals surface area contributed by atoms with Crippen molar-refractivity contribution in [3.05, 3.63) is 21.3 Å². The zero-order valence-electron chi connectivity index (χ0n) is 6.46. The molecule has 0 bridgehead atoms. The van der Waals surface area contributed by atoms with Crippen LogP contribution in [0.2, 0.25) is 4.34 Å². The molecule has 0 atom stereocenters. The second-order valence-electron chi connectivity index (χ2n) is 2.44. The van der Waals surface area contributed by atoms with E-state index in [4.69, 9.17) is 11.6 Å². The molecule has 0 aliphatic heterocycles. The van der Waals surface area contributed by atoms with Crippen LogP contribution in [0.4, 0.5) is 0 Å². The number of ketones is 2. The van der Waals surface area contributed by atoms with E-state index < -0.39 is 0 Å². The van der Waals surface area contributed by atoms with Gasteiger partial charge in [0.05, 0.1) is 10.8 Å². The number of Topliss-reactive ketones (excluding diaryl/α,β-unsaturated/α-hetero) is 2. The molecular formula is C8H7ClO2S. The van der Waals surface area contributed by atoms with Gasteiger partial charge in [0.1, 0.15) is 5.78 Å². The summed E-state index contributed by atoms with van der Waals surface area (Å²) >= 11 is 6.92. The maximum Gasteiger partial charge on any atom is 0.171 e. The van der Waals surface area contributed by atoms with Crippen LogP contribution >= 0.6 is 22.9 Å². The fourth-order valence-corrected chi connectivity index (χ4v) is 1.67. The Bertz CT molecular complexity index is 317. The van der Waals surface area contributed by atoms with E-state index in [1.54, 1.807) is 11.4 Å². The Morgan fingerprint density at radius 3 is 2.67 bits per heavy atom. The number of hydrogen-bond donors (Lipinski definition) is 0. The Morgan fingerprint density at radius 1 is 1.58 bits per heavy atom. The lowest BCUT2D eigenvalue weighted by molar-refractivity contribution is -0.116. The summed E-state index contributed by atoms with van der Waals surface area (Å²) in [5.41, 5.74) is 0.528. The van der Waals surface area contributed by atoms with E-state index >= 15 is 0 Å². The highest BCUT2D eigenvalue weighted by atomic mass is 35.5. The molecule has 0 spiro atoms.